The van der Waals surface area contributed by atoms with Gasteiger partial charge >= 0.3 is 7.60 Å². The van der Waals surface area contributed by atoms with Gasteiger partial charge in [-0.05, 0) is 35.4 Å². The van der Waals surface area contributed by atoms with E-state index in [9.17, 15) is 4.57 Å². The maximum atomic E-state index is 13.6. The summed E-state index contributed by atoms with van der Waals surface area (Å²) in [5.74, 6) is 5.71. The second-order valence-corrected chi connectivity index (χ2v) is 7.89. The summed E-state index contributed by atoms with van der Waals surface area (Å²) in [6.07, 6.45) is 0. The molecule has 0 aliphatic rings. The molecule has 0 amide bonds. The molecule has 3 rings (SSSR count). The van der Waals surface area contributed by atoms with E-state index in [-0.39, 0.29) is 5.84 Å². The van der Waals surface area contributed by atoms with Gasteiger partial charge in [0.05, 0.1) is 0 Å². The molecule has 3 aromatic carbocycles. The molecular weight excluding hydrogens is 361 g/mol. The predicted molar refractivity (Wildman–Crippen MR) is 106 cm³/mol. The molecule has 0 radical (unpaired) electrons. The number of nitrogen functional groups attached to an aromatic ring is 1. The topological polar surface area (TPSA) is 111 Å². The molecule has 7 heteroatoms. The summed E-state index contributed by atoms with van der Waals surface area (Å²) in [6.45, 7) is 0. The average Bonchev–Trinajstić information content (AvgIpc) is 2.70. The fourth-order valence-corrected chi connectivity index (χ4v) is 4.57. The van der Waals surface area contributed by atoms with Gasteiger partial charge in [-0.3, -0.25) is 5.41 Å². The van der Waals surface area contributed by atoms with Crippen molar-refractivity contribution in [2.45, 2.75) is 5.66 Å². The van der Waals surface area contributed by atoms with Gasteiger partial charge in [-0.15, -0.1) is 0 Å². The van der Waals surface area contributed by atoms with E-state index in [1.807, 2.05) is 60.7 Å². The molecule has 6 nitrogen and oxygen atoms in total. The number of nitrogens with one attached hydrogen (secondary N) is 1. The van der Waals surface area contributed by atoms with Crippen molar-refractivity contribution in [1.29, 1.82) is 5.41 Å². The van der Waals surface area contributed by atoms with E-state index < -0.39 is 13.3 Å². The molecule has 1 atom stereocenters. The number of rotatable bonds is 7. The van der Waals surface area contributed by atoms with Crippen molar-refractivity contribution < 1.29 is 13.7 Å². The lowest BCUT2D eigenvalue weighted by Gasteiger charge is -2.26. The van der Waals surface area contributed by atoms with Crippen molar-refractivity contribution >= 4 is 13.4 Å². The molecular formula is C20H20N3O3P. The first-order valence-electron chi connectivity index (χ1n) is 8.25. The van der Waals surface area contributed by atoms with E-state index in [0.717, 1.165) is 11.1 Å². The smallest absolute Gasteiger partial charge is 0.407 e. The molecule has 138 valence electrons. The number of amidine groups is 1. The highest BCUT2D eigenvalue weighted by atomic mass is 31.2. The first-order valence-corrected chi connectivity index (χ1v) is 9.87. The number of hydrogen-bond donors (Lipinski definition) is 3. The zero-order valence-corrected chi connectivity index (χ0v) is 15.4. The van der Waals surface area contributed by atoms with Crippen LogP contribution in [-0.4, -0.2) is 5.84 Å². The van der Waals surface area contributed by atoms with Crippen LogP contribution in [-0.2, 0) is 9.19 Å². The van der Waals surface area contributed by atoms with Crippen LogP contribution in [0.1, 0.15) is 22.3 Å². The summed E-state index contributed by atoms with van der Waals surface area (Å²) in [5.41, 5.74) is 6.82. The molecule has 0 fully saturated rings. The largest absolute Gasteiger partial charge is 0.423 e. The van der Waals surface area contributed by atoms with Crippen LogP contribution < -0.4 is 16.2 Å². The van der Waals surface area contributed by atoms with Gasteiger partial charge in [0.25, 0.3) is 0 Å². The van der Waals surface area contributed by atoms with Crippen LogP contribution in [0, 0.1) is 5.41 Å². The summed E-state index contributed by atoms with van der Waals surface area (Å²) in [6, 6.07) is 25.0. The standard InChI is InChI=1S/C20H20N3O3P/c21-20(22)17-11-13-18(14-12-17)25-27(24,26-23)19(15-7-3-1-4-8-15)16-9-5-2-6-10-16/h1-14,19H,23H2,(H3,21,22). The lowest BCUT2D eigenvalue weighted by molar-refractivity contribution is 0.268. The molecule has 0 bridgehead atoms. The van der Waals surface area contributed by atoms with Gasteiger partial charge in [0.15, 0.2) is 0 Å². The Morgan fingerprint density at radius 2 is 1.33 bits per heavy atom. The van der Waals surface area contributed by atoms with E-state index in [1.165, 1.54) is 0 Å². The number of hydrogen-bond acceptors (Lipinski definition) is 5. The molecule has 5 N–H and O–H groups in total. The van der Waals surface area contributed by atoms with Crippen LogP contribution in [0.15, 0.2) is 84.9 Å². The van der Waals surface area contributed by atoms with Crippen LogP contribution in [0.2, 0.25) is 0 Å². The van der Waals surface area contributed by atoms with E-state index in [2.05, 4.69) is 0 Å². The second kappa shape index (κ2) is 8.18. The minimum absolute atomic E-state index is 0.0637. The Kier molecular flexibility index (Phi) is 5.72. The monoisotopic (exact) mass is 381 g/mol. The molecule has 0 saturated heterocycles. The summed E-state index contributed by atoms with van der Waals surface area (Å²) < 4.78 is 24.3. The minimum Gasteiger partial charge on any atom is -0.423 e. The Morgan fingerprint density at radius 3 is 1.74 bits per heavy atom. The molecule has 0 spiro atoms. The van der Waals surface area contributed by atoms with Crippen molar-refractivity contribution in [1.82, 2.24) is 0 Å². The fourth-order valence-electron chi connectivity index (χ4n) is 2.81. The molecule has 0 aliphatic carbocycles. The van der Waals surface area contributed by atoms with Gasteiger partial charge in [-0.1, -0.05) is 60.7 Å². The number of nitrogens with two attached hydrogens (primary N) is 2. The third kappa shape index (κ3) is 4.26. The molecule has 0 aliphatic heterocycles. The van der Waals surface area contributed by atoms with Gasteiger partial charge in [0, 0.05) is 5.56 Å². The SMILES string of the molecule is N=C(N)c1ccc(OP(=O)(ON)C(c2ccccc2)c2ccccc2)cc1. The molecule has 0 saturated carbocycles. The van der Waals surface area contributed by atoms with E-state index >= 15 is 0 Å². The Morgan fingerprint density at radius 1 is 0.852 bits per heavy atom. The normalized spacial score (nSPS) is 13.1. The molecule has 0 heterocycles. The maximum absolute atomic E-state index is 13.6. The lowest BCUT2D eigenvalue weighted by Crippen LogP contribution is -2.13. The first-order chi connectivity index (χ1) is 13.0. The third-order valence-corrected chi connectivity index (χ3v) is 6.08. The zero-order chi connectivity index (χ0) is 19.3. The summed E-state index contributed by atoms with van der Waals surface area (Å²) in [7, 11) is -3.82. The van der Waals surface area contributed by atoms with Crippen LogP contribution in [0.5, 0.6) is 5.75 Å². The Balaban J connectivity index is 2.02. The average molecular weight is 381 g/mol. The van der Waals surface area contributed by atoms with E-state index in [1.54, 1.807) is 24.3 Å². The molecule has 0 aromatic heterocycles. The van der Waals surface area contributed by atoms with E-state index in [4.69, 9.17) is 26.2 Å². The summed E-state index contributed by atoms with van der Waals surface area (Å²) >= 11 is 0. The highest BCUT2D eigenvalue weighted by Gasteiger charge is 2.40. The van der Waals surface area contributed by atoms with Crippen molar-refractivity contribution in [3.05, 3.63) is 102 Å². The fraction of sp³-hybridized carbons (Fsp3) is 0.0500. The van der Waals surface area contributed by atoms with Crippen molar-refractivity contribution in [2.24, 2.45) is 11.6 Å². The first kappa shape index (κ1) is 18.9. The molecule has 27 heavy (non-hydrogen) atoms. The van der Waals surface area contributed by atoms with Gasteiger partial charge in [-0.2, -0.15) is 0 Å². The van der Waals surface area contributed by atoms with Gasteiger partial charge in [0.1, 0.15) is 17.2 Å². The minimum atomic E-state index is -3.82. The second-order valence-electron chi connectivity index (χ2n) is 5.90. The molecule has 3 aromatic rings. The Bertz CT molecular complexity index is 908. The Hall–Kier alpha value is -2.92. The van der Waals surface area contributed by atoms with Crippen LogP contribution in [0.4, 0.5) is 0 Å². The van der Waals surface area contributed by atoms with Crippen molar-refractivity contribution in [2.75, 3.05) is 0 Å². The zero-order valence-electron chi connectivity index (χ0n) is 14.5. The van der Waals surface area contributed by atoms with Crippen LogP contribution in [0.25, 0.3) is 0 Å². The third-order valence-electron chi connectivity index (χ3n) is 4.09. The quantitative estimate of drug-likeness (QED) is 0.245. The van der Waals surface area contributed by atoms with Crippen LogP contribution in [0.3, 0.4) is 0 Å². The van der Waals surface area contributed by atoms with Gasteiger partial charge < -0.3 is 10.3 Å². The highest BCUT2D eigenvalue weighted by molar-refractivity contribution is 7.54. The van der Waals surface area contributed by atoms with Crippen molar-refractivity contribution in [3.63, 3.8) is 0 Å². The number of benzene rings is 3. The Labute approximate surface area is 157 Å². The van der Waals surface area contributed by atoms with E-state index in [0.29, 0.717) is 11.3 Å². The highest BCUT2D eigenvalue weighted by Crippen LogP contribution is 2.62. The van der Waals surface area contributed by atoms with Gasteiger partial charge in [0.2, 0.25) is 0 Å². The lowest BCUT2D eigenvalue weighted by atomic mass is 10.0. The molecule has 1 unspecified atom stereocenters. The van der Waals surface area contributed by atoms with Crippen molar-refractivity contribution in [3.8, 4) is 5.75 Å². The van der Waals surface area contributed by atoms with Gasteiger partial charge in [-0.25, -0.2) is 15.1 Å². The predicted octanol–water partition coefficient (Wildman–Crippen LogP) is 4.22. The maximum Gasteiger partial charge on any atom is 0.407 e. The summed E-state index contributed by atoms with van der Waals surface area (Å²) in [5, 5.41) is 7.45. The summed E-state index contributed by atoms with van der Waals surface area (Å²) in [4.78, 5) is 0. The van der Waals surface area contributed by atoms with Crippen LogP contribution >= 0.6 is 7.60 Å².